The first-order valence-corrected chi connectivity index (χ1v) is 11.4. The minimum Gasteiger partial charge on any atom is -0.322 e. The number of rotatable bonds is 3. The normalized spacial score (nSPS) is 23.4. The van der Waals surface area contributed by atoms with Gasteiger partial charge < -0.3 is 4.90 Å². The number of piperidine rings is 2. The van der Waals surface area contributed by atoms with Crippen LogP contribution >= 0.6 is 0 Å². The van der Waals surface area contributed by atoms with Crippen molar-refractivity contribution >= 4 is 27.7 Å². The van der Waals surface area contributed by atoms with E-state index in [1.807, 2.05) is 0 Å². The molecule has 2 fully saturated rings. The first-order chi connectivity index (χ1) is 14.9. The fraction of sp³-hybridized carbons (Fsp3) is 0.526. The fourth-order valence-corrected chi connectivity index (χ4v) is 5.46. The fourth-order valence-electron chi connectivity index (χ4n) is 4.47. The van der Waals surface area contributed by atoms with Crippen molar-refractivity contribution < 1.29 is 40.4 Å². The molecule has 0 bridgehead atoms. The minimum absolute atomic E-state index is 0.00415. The molecule has 8 nitrogen and oxygen atoms in total. The number of sulfonamides is 1. The van der Waals surface area contributed by atoms with Gasteiger partial charge >= 0.3 is 15.5 Å². The first-order valence-electron chi connectivity index (χ1n) is 9.93. The topological polar surface area (TPSA) is 104 Å². The molecular weight excluding hydrogens is 458 g/mol. The summed E-state index contributed by atoms with van der Waals surface area (Å²) >= 11 is 0. The van der Waals surface area contributed by atoms with E-state index in [9.17, 15) is 40.4 Å². The van der Waals surface area contributed by atoms with Crippen molar-refractivity contribution in [1.82, 2.24) is 14.5 Å². The van der Waals surface area contributed by atoms with Gasteiger partial charge in [-0.15, -0.1) is 0 Å². The molecular formula is C19H19F4N3O5S. The van der Waals surface area contributed by atoms with Crippen LogP contribution in [0, 0.1) is 5.82 Å². The third-order valence-electron chi connectivity index (χ3n) is 6.17. The largest absolute Gasteiger partial charge is 0.511 e. The molecule has 174 valence electrons. The van der Waals surface area contributed by atoms with Crippen LogP contribution in [0.4, 0.5) is 17.6 Å². The van der Waals surface area contributed by atoms with Crippen molar-refractivity contribution in [2.24, 2.45) is 0 Å². The van der Waals surface area contributed by atoms with E-state index in [0.717, 1.165) is 6.07 Å². The Bertz CT molecular complexity index is 1100. The number of nitrogens with zero attached hydrogens (tertiary/aromatic N) is 2. The van der Waals surface area contributed by atoms with Crippen molar-refractivity contribution in [3.8, 4) is 0 Å². The Labute approximate surface area is 180 Å². The van der Waals surface area contributed by atoms with E-state index in [1.54, 1.807) is 0 Å². The molecule has 4 rings (SSSR count). The standard InChI is InChI=1S/C19H19F4N3O5S/c20-14-8-13-11(9-26(18(13)29)15-1-2-16(27)24-17(15)28)7-12(14)10-3-5-25(6-4-10)32(30,31)19(21,22)23/h7-8,10,15H,1-6,9H2,(H,24,27,28). The van der Waals surface area contributed by atoms with Gasteiger partial charge in [-0.25, -0.2) is 12.8 Å². The zero-order valence-electron chi connectivity index (χ0n) is 16.6. The van der Waals surface area contributed by atoms with Gasteiger partial charge in [-0.3, -0.25) is 19.7 Å². The Balaban J connectivity index is 1.51. The number of hydrogen-bond donors (Lipinski definition) is 1. The smallest absolute Gasteiger partial charge is 0.322 e. The van der Waals surface area contributed by atoms with Crippen LogP contribution in [0.5, 0.6) is 0 Å². The summed E-state index contributed by atoms with van der Waals surface area (Å²) in [6.45, 7) is -0.760. The van der Waals surface area contributed by atoms with Crippen LogP contribution in [0.2, 0.25) is 0 Å². The SMILES string of the molecule is O=C1CCC(N2Cc3cc(C4CCN(S(=O)(=O)C(F)(F)F)CC4)c(F)cc3C2=O)C(=O)N1. The number of imide groups is 1. The van der Waals surface area contributed by atoms with E-state index in [1.165, 1.54) is 11.0 Å². The highest BCUT2D eigenvalue weighted by molar-refractivity contribution is 7.90. The molecule has 1 aromatic carbocycles. The van der Waals surface area contributed by atoms with E-state index in [4.69, 9.17) is 0 Å². The summed E-state index contributed by atoms with van der Waals surface area (Å²) < 4.78 is 76.6. The third-order valence-corrected chi connectivity index (χ3v) is 7.80. The number of nitrogens with one attached hydrogen (secondary N) is 1. The number of amides is 3. The number of carbonyl (C=O) groups excluding carboxylic acids is 3. The summed E-state index contributed by atoms with van der Waals surface area (Å²) in [5.41, 5.74) is -4.63. The van der Waals surface area contributed by atoms with Crippen LogP contribution in [0.15, 0.2) is 12.1 Å². The molecule has 2 saturated heterocycles. The molecule has 3 amide bonds. The van der Waals surface area contributed by atoms with Crippen LogP contribution < -0.4 is 5.32 Å². The van der Waals surface area contributed by atoms with E-state index in [2.05, 4.69) is 5.32 Å². The summed E-state index contributed by atoms with van der Waals surface area (Å²) in [5, 5.41) is 2.18. The Morgan fingerprint density at radius 1 is 1.03 bits per heavy atom. The lowest BCUT2D eigenvalue weighted by Gasteiger charge is -2.32. The number of benzene rings is 1. The Morgan fingerprint density at radius 3 is 2.28 bits per heavy atom. The molecule has 3 heterocycles. The van der Waals surface area contributed by atoms with Gasteiger partial charge in [-0.1, -0.05) is 6.07 Å². The van der Waals surface area contributed by atoms with Crippen LogP contribution in [0.3, 0.4) is 0 Å². The van der Waals surface area contributed by atoms with Crippen molar-refractivity contribution in [2.75, 3.05) is 13.1 Å². The molecule has 0 spiro atoms. The van der Waals surface area contributed by atoms with Gasteiger partial charge in [-0.2, -0.15) is 17.5 Å². The predicted octanol–water partition coefficient (Wildman–Crippen LogP) is 1.62. The highest BCUT2D eigenvalue weighted by Crippen LogP contribution is 2.37. The number of hydrogen-bond acceptors (Lipinski definition) is 5. The van der Waals surface area contributed by atoms with Gasteiger partial charge in [-0.05, 0) is 42.4 Å². The molecule has 1 N–H and O–H groups in total. The molecule has 1 aromatic rings. The van der Waals surface area contributed by atoms with E-state index in [0.29, 0.717) is 9.87 Å². The second-order valence-corrected chi connectivity index (χ2v) is 9.98. The van der Waals surface area contributed by atoms with Crippen LogP contribution in [0.1, 0.15) is 53.1 Å². The van der Waals surface area contributed by atoms with E-state index in [-0.39, 0.29) is 43.4 Å². The van der Waals surface area contributed by atoms with Crippen molar-refractivity contribution in [1.29, 1.82) is 0 Å². The minimum atomic E-state index is -5.43. The van der Waals surface area contributed by atoms with Gasteiger partial charge in [0.25, 0.3) is 5.91 Å². The Morgan fingerprint density at radius 2 is 1.69 bits per heavy atom. The molecule has 0 aliphatic carbocycles. The monoisotopic (exact) mass is 477 g/mol. The molecule has 32 heavy (non-hydrogen) atoms. The van der Waals surface area contributed by atoms with E-state index >= 15 is 0 Å². The molecule has 3 aliphatic heterocycles. The predicted molar refractivity (Wildman–Crippen MR) is 101 cm³/mol. The maximum atomic E-state index is 14.8. The van der Waals surface area contributed by atoms with Gasteiger partial charge in [0.05, 0.1) is 0 Å². The van der Waals surface area contributed by atoms with Gasteiger partial charge in [0.2, 0.25) is 11.8 Å². The lowest BCUT2D eigenvalue weighted by atomic mass is 9.88. The number of carbonyl (C=O) groups is 3. The molecule has 0 saturated carbocycles. The lowest BCUT2D eigenvalue weighted by Crippen LogP contribution is -2.52. The van der Waals surface area contributed by atoms with Gasteiger partial charge in [0.15, 0.2) is 0 Å². The molecule has 1 unspecified atom stereocenters. The first kappa shape index (κ1) is 22.6. The molecule has 3 aliphatic rings. The number of alkyl halides is 3. The zero-order chi connectivity index (χ0) is 23.4. The van der Waals surface area contributed by atoms with Gasteiger partial charge in [0.1, 0.15) is 11.9 Å². The number of halogens is 4. The maximum Gasteiger partial charge on any atom is 0.511 e. The van der Waals surface area contributed by atoms with Crippen LogP contribution in [0.25, 0.3) is 0 Å². The maximum absolute atomic E-state index is 14.8. The Kier molecular flexibility index (Phi) is 5.52. The molecule has 1 atom stereocenters. The van der Waals surface area contributed by atoms with Crippen molar-refractivity contribution in [2.45, 2.75) is 49.7 Å². The second-order valence-electron chi connectivity index (χ2n) is 8.05. The van der Waals surface area contributed by atoms with Crippen molar-refractivity contribution in [3.05, 3.63) is 34.6 Å². The summed E-state index contributed by atoms with van der Waals surface area (Å²) in [7, 11) is -5.43. The number of fused-ring (bicyclic) bond motifs is 1. The quantitative estimate of drug-likeness (QED) is 0.526. The summed E-state index contributed by atoms with van der Waals surface area (Å²) in [6, 6.07) is 1.67. The second kappa shape index (κ2) is 7.80. The highest BCUT2D eigenvalue weighted by Gasteiger charge is 2.50. The van der Waals surface area contributed by atoms with Crippen LogP contribution in [-0.4, -0.2) is 60.0 Å². The molecule has 0 radical (unpaired) electrons. The summed E-state index contributed by atoms with van der Waals surface area (Å²) in [4.78, 5) is 37.5. The summed E-state index contributed by atoms with van der Waals surface area (Å²) in [6.07, 6.45) is 0.229. The third kappa shape index (κ3) is 3.76. The van der Waals surface area contributed by atoms with Crippen molar-refractivity contribution in [3.63, 3.8) is 0 Å². The Hall–Kier alpha value is -2.54. The highest BCUT2D eigenvalue weighted by atomic mass is 32.2. The van der Waals surface area contributed by atoms with E-state index < -0.39 is 64.1 Å². The summed E-state index contributed by atoms with van der Waals surface area (Å²) in [5.74, 6) is -2.78. The lowest BCUT2D eigenvalue weighted by molar-refractivity contribution is -0.136. The van der Waals surface area contributed by atoms with Crippen LogP contribution in [-0.2, 0) is 26.2 Å². The average Bonchev–Trinajstić information content (AvgIpc) is 3.02. The molecule has 0 aromatic heterocycles. The zero-order valence-corrected chi connectivity index (χ0v) is 17.4. The van der Waals surface area contributed by atoms with Gasteiger partial charge in [0, 0.05) is 31.6 Å². The average molecular weight is 477 g/mol. The molecule has 13 heteroatoms.